The van der Waals surface area contributed by atoms with Crippen LogP contribution >= 0.6 is 0 Å². The van der Waals surface area contributed by atoms with E-state index >= 15 is 0 Å². The minimum absolute atomic E-state index is 0.0150. The van der Waals surface area contributed by atoms with Crippen LogP contribution in [0.5, 0.6) is 0 Å². The van der Waals surface area contributed by atoms with Crippen LogP contribution < -0.4 is 5.32 Å². The summed E-state index contributed by atoms with van der Waals surface area (Å²) in [5.74, 6) is -2.01. The Labute approximate surface area is 109 Å². The maximum Gasteiger partial charge on any atom is 0.471 e. The molecule has 106 valence electrons. The minimum Gasteiger partial charge on any atom is -0.390 e. The maximum atomic E-state index is 12.3. The molecule has 0 aliphatic carbocycles. The Kier molecular flexibility index (Phi) is 4.57. The van der Waals surface area contributed by atoms with Crippen molar-refractivity contribution in [3.8, 4) is 0 Å². The number of rotatable bonds is 4. The van der Waals surface area contributed by atoms with Crippen LogP contribution in [0, 0.1) is 0 Å². The molecule has 0 heterocycles. The predicted molar refractivity (Wildman–Crippen MR) is 64.3 cm³/mol. The SMILES string of the molecule is CC(C)(O)CC(NC(=O)C(F)(F)F)c1ccccc1. The van der Waals surface area contributed by atoms with E-state index in [2.05, 4.69) is 0 Å². The lowest BCUT2D eigenvalue weighted by molar-refractivity contribution is -0.174. The highest BCUT2D eigenvalue weighted by Gasteiger charge is 2.40. The van der Waals surface area contributed by atoms with Crippen LogP contribution in [0.4, 0.5) is 13.2 Å². The molecule has 0 saturated carbocycles. The van der Waals surface area contributed by atoms with Gasteiger partial charge in [-0.05, 0) is 25.8 Å². The number of hydrogen-bond acceptors (Lipinski definition) is 2. The lowest BCUT2D eigenvalue weighted by Crippen LogP contribution is -2.41. The lowest BCUT2D eigenvalue weighted by Gasteiger charge is -2.26. The van der Waals surface area contributed by atoms with E-state index in [4.69, 9.17) is 0 Å². The van der Waals surface area contributed by atoms with Gasteiger partial charge in [-0.25, -0.2) is 0 Å². The summed E-state index contributed by atoms with van der Waals surface area (Å²) in [6, 6.07) is 7.35. The third-order valence-corrected chi connectivity index (χ3v) is 2.47. The molecule has 0 radical (unpaired) electrons. The fraction of sp³-hybridized carbons (Fsp3) is 0.462. The first-order valence-electron chi connectivity index (χ1n) is 5.74. The molecule has 0 saturated heterocycles. The number of amides is 1. The second-order valence-corrected chi connectivity index (χ2v) is 4.95. The van der Waals surface area contributed by atoms with Crippen molar-refractivity contribution in [2.24, 2.45) is 0 Å². The molecule has 3 nitrogen and oxygen atoms in total. The number of hydrogen-bond donors (Lipinski definition) is 2. The fourth-order valence-electron chi connectivity index (χ4n) is 1.68. The summed E-state index contributed by atoms with van der Waals surface area (Å²) >= 11 is 0. The van der Waals surface area contributed by atoms with Crippen molar-refractivity contribution in [1.29, 1.82) is 0 Å². The number of benzene rings is 1. The summed E-state index contributed by atoms with van der Waals surface area (Å²) in [5.41, 5.74) is -0.679. The smallest absolute Gasteiger partial charge is 0.390 e. The molecule has 6 heteroatoms. The third-order valence-electron chi connectivity index (χ3n) is 2.47. The van der Waals surface area contributed by atoms with E-state index in [1.54, 1.807) is 30.3 Å². The van der Waals surface area contributed by atoms with Crippen molar-refractivity contribution < 1.29 is 23.1 Å². The third kappa shape index (κ3) is 5.30. The van der Waals surface area contributed by atoms with Gasteiger partial charge >= 0.3 is 12.1 Å². The van der Waals surface area contributed by atoms with Crippen molar-refractivity contribution in [1.82, 2.24) is 5.32 Å². The average molecular weight is 275 g/mol. The summed E-state index contributed by atoms with van der Waals surface area (Å²) in [6.45, 7) is 2.95. The predicted octanol–water partition coefficient (Wildman–Crippen LogP) is 2.57. The topological polar surface area (TPSA) is 49.3 Å². The van der Waals surface area contributed by atoms with Crippen molar-refractivity contribution >= 4 is 5.91 Å². The molecule has 0 aliphatic rings. The molecule has 1 aromatic carbocycles. The highest BCUT2D eigenvalue weighted by molar-refractivity contribution is 5.82. The van der Waals surface area contributed by atoms with Gasteiger partial charge in [0.05, 0.1) is 11.6 Å². The first-order valence-corrected chi connectivity index (χ1v) is 5.74. The Morgan fingerprint density at radius 2 is 1.79 bits per heavy atom. The van der Waals surface area contributed by atoms with E-state index in [9.17, 15) is 23.1 Å². The highest BCUT2D eigenvalue weighted by atomic mass is 19.4. The van der Waals surface area contributed by atoms with Gasteiger partial charge in [-0.2, -0.15) is 13.2 Å². The first-order chi connectivity index (χ1) is 8.59. The molecule has 1 unspecified atom stereocenters. The molecule has 0 aliphatic heterocycles. The Morgan fingerprint density at radius 3 is 2.21 bits per heavy atom. The molecule has 0 spiro atoms. The van der Waals surface area contributed by atoms with Crippen molar-refractivity contribution in [3.05, 3.63) is 35.9 Å². The van der Waals surface area contributed by atoms with Gasteiger partial charge in [-0.3, -0.25) is 4.79 Å². The van der Waals surface area contributed by atoms with Gasteiger partial charge in [0.1, 0.15) is 0 Å². The van der Waals surface area contributed by atoms with E-state index < -0.39 is 23.7 Å². The van der Waals surface area contributed by atoms with Crippen LogP contribution in [-0.2, 0) is 4.79 Å². The average Bonchev–Trinajstić information content (AvgIpc) is 2.26. The largest absolute Gasteiger partial charge is 0.471 e. The molecule has 1 aromatic rings. The first kappa shape index (κ1) is 15.5. The van der Waals surface area contributed by atoms with Crippen LogP contribution in [0.2, 0.25) is 0 Å². The zero-order valence-electron chi connectivity index (χ0n) is 10.7. The standard InChI is InChI=1S/C13H16F3NO2/c1-12(2,19)8-10(9-6-4-3-5-7-9)17-11(18)13(14,15)16/h3-7,10,19H,8H2,1-2H3,(H,17,18). The fourth-order valence-corrected chi connectivity index (χ4v) is 1.68. The minimum atomic E-state index is -4.94. The Hall–Kier alpha value is -1.56. The number of aliphatic hydroxyl groups is 1. The quantitative estimate of drug-likeness (QED) is 0.887. The lowest BCUT2D eigenvalue weighted by atomic mass is 9.94. The highest BCUT2D eigenvalue weighted by Crippen LogP contribution is 2.25. The van der Waals surface area contributed by atoms with Gasteiger partial charge in [0.25, 0.3) is 0 Å². The molecular weight excluding hydrogens is 259 g/mol. The number of carbonyl (C=O) groups is 1. The molecule has 0 bridgehead atoms. The van der Waals surface area contributed by atoms with Gasteiger partial charge < -0.3 is 10.4 Å². The molecular formula is C13H16F3NO2. The van der Waals surface area contributed by atoms with Crippen LogP contribution in [0.25, 0.3) is 0 Å². The number of alkyl halides is 3. The van der Waals surface area contributed by atoms with Crippen LogP contribution in [0.1, 0.15) is 31.9 Å². The monoisotopic (exact) mass is 275 g/mol. The maximum absolute atomic E-state index is 12.3. The van der Waals surface area contributed by atoms with Crippen LogP contribution in [0.3, 0.4) is 0 Å². The van der Waals surface area contributed by atoms with Gasteiger partial charge in [0.2, 0.25) is 0 Å². The molecule has 0 fully saturated rings. The normalized spacial score (nSPS) is 14.0. The van der Waals surface area contributed by atoms with E-state index in [-0.39, 0.29) is 6.42 Å². The van der Waals surface area contributed by atoms with Crippen molar-refractivity contribution in [2.75, 3.05) is 0 Å². The molecule has 19 heavy (non-hydrogen) atoms. The zero-order chi connectivity index (χ0) is 14.7. The number of halogens is 3. The van der Waals surface area contributed by atoms with Crippen molar-refractivity contribution in [2.45, 2.75) is 38.1 Å². The zero-order valence-corrected chi connectivity index (χ0v) is 10.7. The van der Waals surface area contributed by atoms with E-state index in [0.717, 1.165) is 0 Å². The molecule has 1 amide bonds. The molecule has 1 rings (SSSR count). The number of carbonyl (C=O) groups excluding carboxylic acids is 1. The van der Waals surface area contributed by atoms with Crippen LogP contribution in [0.15, 0.2) is 30.3 Å². The van der Waals surface area contributed by atoms with E-state index in [1.807, 2.05) is 5.32 Å². The van der Waals surface area contributed by atoms with E-state index in [1.165, 1.54) is 13.8 Å². The molecule has 0 aromatic heterocycles. The summed E-state index contributed by atoms with van der Waals surface area (Å²) in [4.78, 5) is 11.0. The summed E-state index contributed by atoms with van der Waals surface area (Å²) in [6.07, 6.45) is -4.95. The Bertz CT molecular complexity index is 424. The molecule has 1 atom stereocenters. The van der Waals surface area contributed by atoms with Gasteiger partial charge in [0.15, 0.2) is 0 Å². The number of nitrogens with one attached hydrogen (secondary N) is 1. The summed E-state index contributed by atoms with van der Waals surface area (Å²) < 4.78 is 36.9. The molecule has 2 N–H and O–H groups in total. The van der Waals surface area contributed by atoms with E-state index in [0.29, 0.717) is 5.56 Å². The van der Waals surface area contributed by atoms with Gasteiger partial charge in [0, 0.05) is 0 Å². The van der Waals surface area contributed by atoms with Crippen LogP contribution in [-0.4, -0.2) is 22.8 Å². The Balaban J connectivity index is 2.91. The summed E-state index contributed by atoms with van der Waals surface area (Å²) in [7, 11) is 0. The second-order valence-electron chi connectivity index (χ2n) is 4.95. The van der Waals surface area contributed by atoms with Gasteiger partial charge in [-0.15, -0.1) is 0 Å². The Morgan fingerprint density at radius 1 is 1.26 bits per heavy atom. The second kappa shape index (κ2) is 5.61. The van der Waals surface area contributed by atoms with Crippen molar-refractivity contribution in [3.63, 3.8) is 0 Å². The van der Waals surface area contributed by atoms with Gasteiger partial charge in [-0.1, -0.05) is 30.3 Å². The summed E-state index contributed by atoms with van der Waals surface area (Å²) in [5, 5.41) is 11.6.